The Hall–Kier alpha value is -3.81. The summed E-state index contributed by atoms with van der Waals surface area (Å²) in [6.07, 6.45) is -0.757. The number of hydrogen-bond donors (Lipinski definition) is 3. The Balaban J connectivity index is 1.89. The van der Waals surface area contributed by atoms with E-state index >= 15 is 0 Å². The molecule has 8 nitrogen and oxygen atoms in total. The monoisotopic (exact) mass is 437 g/mol. The van der Waals surface area contributed by atoms with Crippen molar-refractivity contribution in [3.63, 3.8) is 0 Å². The minimum atomic E-state index is -0.947. The first-order valence-corrected chi connectivity index (χ1v) is 10.3. The molecule has 0 aliphatic heterocycles. The number of benzene rings is 2. The average Bonchev–Trinajstić information content (AvgIpc) is 2.73. The molecular weight excluding hydrogens is 410 g/mol. The van der Waals surface area contributed by atoms with Crippen LogP contribution >= 0.6 is 0 Å². The van der Waals surface area contributed by atoms with E-state index in [0.29, 0.717) is 15.9 Å². The fourth-order valence-corrected chi connectivity index (χ4v) is 3.62. The molecular formula is C24H27N3O5+2. The lowest BCUT2D eigenvalue weighted by Gasteiger charge is -2.12. The Morgan fingerprint density at radius 2 is 1.50 bits per heavy atom. The summed E-state index contributed by atoms with van der Waals surface area (Å²) in [5, 5.41) is 23.8. The second-order valence-electron chi connectivity index (χ2n) is 8.20. The third-order valence-corrected chi connectivity index (χ3v) is 5.59. The van der Waals surface area contributed by atoms with Crippen LogP contribution in [-0.4, -0.2) is 27.9 Å². The van der Waals surface area contributed by atoms with Crippen molar-refractivity contribution in [2.45, 2.75) is 47.0 Å². The molecule has 1 amide bonds. The Morgan fingerprint density at radius 3 is 2.09 bits per heavy atom. The maximum Gasteiger partial charge on any atom is 0.371 e. The standard InChI is InChI=1S/C24H26N3O5/c1-13(2)17-8-6-7-9-18(17)25-24(30)22(29)12-21(28)23-16(5)26(31)19-10-14(3)15(4)11-20(19)27(23)32/h6-11,13H,12H2,1-5H3,(H2-,25,28,29,30,31,32)/q+1/p+1. The van der Waals surface area contributed by atoms with Crippen molar-refractivity contribution in [1.29, 1.82) is 0 Å². The Labute approximate surface area is 185 Å². The van der Waals surface area contributed by atoms with Crippen molar-refractivity contribution in [3.8, 4) is 0 Å². The van der Waals surface area contributed by atoms with Gasteiger partial charge in [-0.3, -0.25) is 24.8 Å². The molecule has 0 unspecified atom stereocenters. The number of carbonyl (C=O) groups is 3. The first-order valence-electron chi connectivity index (χ1n) is 10.3. The van der Waals surface area contributed by atoms with E-state index in [1.54, 1.807) is 24.3 Å². The summed E-state index contributed by atoms with van der Waals surface area (Å²) in [6, 6.07) is 10.4. The molecule has 3 rings (SSSR count). The number of rotatable bonds is 6. The molecule has 0 aliphatic rings. The maximum absolute atomic E-state index is 12.9. The van der Waals surface area contributed by atoms with Crippen LogP contribution in [0.25, 0.3) is 11.0 Å². The highest BCUT2D eigenvalue weighted by Crippen LogP contribution is 2.23. The molecule has 2 aromatic carbocycles. The largest absolute Gasteiger partial charge is 0.371 e. The lowest BCUT2D eigenvalue weighted by molar-refractivity contribution is -0.924. The van der Waals surface area contributed by atoms with Gasteiger partial charge in [-0.25, -0.2) is 0 Å². The van der Waals surface area contributed by atoms with Crippen molar-refractivity contribution in [2.75, 3.05) is 5.32 Å². The summed E-state index contributed by atoms with van der Waals surface area (Å²) >= 11 is 0. The molecule has 0 saturated carbocycles. The normalized spacial score (nSPS) is 11.1. The minimum Gasteiger partial charge on any atom is -0.319 e. The first-order chi connectivity index (χ1) is 15.0. The summed E-state index contributed by atoms with van der Waals surface area (Å²) in [4.78, 5) is 37.8. The van der Waals surface area contributed by atoms with E-state index in [-0.39, 0.29) is 22.8 Å². The number of ketones is 2. The van der Waals surface area contributed by atoms with Crippen LogP contribution in [0.2, 0.25) is 0 Å². The minimum absolute atomic E-state index is 0.0478. The lowest BCUT2D eigenvalue weighted by Crippen LogP contribution is -2.49. The van der Waals surface area contributed by atoms with Crippen LogP contribution in [-0.2, 0) is 9.59 Å². The van der Waals surface area contributed by atoms with Gasteiger partial charge in [0.25, 0.3) is 5.91 Å². The second kappa shape index (κ2) is 8.74. The summed E-state index contributed by atoms with van der Waals surface area (Å²) in [5.74, 6) is -2.52. The van der Waals surface area contributed by atoms with Crippen molar-refractivity contribution < 1.29 is 34.3 Å². The van der Waals surface area contributed by atoms with Gasteiger partial charge in [-0.2, -0.15) is 0 Å². The van der Waals surface area contributed by atoms with Crippen LogP contribution in [0.4, 0.5) is 5.69 Å². The number of Topliss-reactive ketones (excluding diaryl/α,β-unsaturated/α-hetero) is 2. The Kier molecular flexibility index (Phi) is 6.25. The maximum atomic E-state index is 12.9. The molecule has 0 radical (unpaired) electrons. The fraction of sp³-hybridized carbons (Fsp3) is 0.292. The summed E-state index contributed by atoms with van der Waals surface area (Å²) in [6.45, 7) is 9.07. The highest BCUT2D eigenvalue weighted by Gasteiger charge is 2.38. The molecule has 0 atom stereocenters. The van der Waals surface area contributed by atoms with Crippen LogP contribution in [0.3, 0.4) is 0 Å². The van der Waals surface area contributed by atoms with Crippen molar-refractivity contribution >= 4 is 34.2 Å². The predicted octanol–water partition coefficient (Wildman–Crippen LogP) is 2.72. The quantitative estimate of drug-likeness (QED) is 0.181. The zero-order valence-electron chi connectivity index (χ0n) is 18.8. The molecule has 32 heavy (non-hydrogen) atoms. The molecule has 0 bridgehead atoms. The van der Waals surface area contributed by atoms with Gasteiger partial charge in [0.2, 0.25) is 11.6 Å². The number of fused-ring (bicyclic) bond motifs is 1. The molecule has 1 heterocycles. The molecule has 0 fully saturated rings. The van der Waals surface area contributed by atoms with Gasteiger partial charge in [-0.15, -0.1) is 0 Å². The van der Waals surface area contributed by atoms with Gasteiger partial charge in [0.1, 0.15) is 0 Å². The Bertz CT molecular complexity index is 1260. The highest BCUT2D eigenvalue weighted by molar-refractivity contribution is 6.44. The van der Waals surface area contributed by atoms with Crippen molar-refractivity contribution in [3.05, 3.63) is 64.5 Å². The van der Waals surface area contributed by atoms with Crippen LogP contribution in [0.5, 0.6) is 0 Å². The van der Waals surface area contributed by atoms with Crippen molar-refractivity contribution in [2.24, 2.45) is 0 Å². The van der Waals surface area contributed by atoms with E-state index in [1.165, 1.54) is 6.92 Å². The van der Waals surface area contributed by atoms with E-state index in [2.05, 4.69) is 5.32 Å². The van der Waals surface area contributed by atoms with Crippen LogP contribution in [0.1, 0.15) is 59.1 Å². The molecule has 166 valence electrons. The van der Waals surface area contributed by atoms with Crippen molar-refractivity contribution in [1.82, 2.24) is 0 Å². The second-order valence-corrected chi connectivity index (χ2v) is 8.20. The summed E-state index contributed by atoms with van der Waals surface area (Å²) in [5.41, 5.74) is 3.40. The van der Waals surface area contributed by atoms with E-state index in [1.807, 2.05) is 39.8 Å². The third-order valence-electron chi connectivity index (χ3n) is 5.59. The number of amides is 1. The van der Waals surface area contributed by atoms with Gasteiger partial charge >= 0.3 is 22.4 Å². The Morgan fingerprint density at radius 1 is 0.938 bits per heavy atom. The molecule has 3 aromatic rings. The third kappa shape index (κ3) is 4.16. The van der Waals surface area contributed by atoms with E-state index in [4.69, 9.17) is 0 Å². The van der Waals surface area contributed by atoms with Crippen LogP contribution < -0.4 is 14.8 Å². The van der Waals surface area contributed by atoms with E-state index in [9.17, 15) is 24.8 Å². The molecule has 3 N–H and O–H groups in total. The number of nitrogens with zero attached hydrogens (tertiary/aromatic N) is 2. The highest BCUT2D eigenvalue weighted by atomic mass is 16.5. The van der Waals surface area contributed by atoms with Gasteiger partial charge in [0.15, 0.2) is 0 Å². The van der Waals surface area contributed by atoms with E-state index in [0.717, 1.165) is 21.4 Å². The number of hydrogen-bond acceptors (Lipinski definition) is 5. The fourth-order valence-electron chi connectivity index (χ4n) is 3.62. The number of aromatic nitrogens is 2. The topological polar surface area (TPSA) is 111 Å². The molecule has 0 spiro atoms. The van der Waals surface area contributed by atoms with Gasteiger partial charge in [-0.1, -0.05) is 32.0 Å². The number of carbonyl (C=O) groups excluding carboxylic acids is 3. The molecule has 0 saturated heterocycles. The lowest BCUT2D eigenvalue weighted by atomic mass is 10.0. The van der Waals surface area contributed by atoms with E-state index < -0.39 is 23.9 Å². The van der Waals surface area contributed by atoms with Gasteiger partial charge in [0.05, 0.1) is 6.42 Å². The van der Waals surface area contributed by atoms with Crippen LogP contribution in [0.15, 0.2) is 36.4 Å². The molecule has 8 heteroatoms. The number of nitrogens with one attached hydrogen (secondary N) is 1. The van der Waals surface area contributed by atoms with Gasteiger partial charge in [0, 0.05) is 34.2 Å². The van der Waals surface area contributed by atoms with Gasteiger partial charge in [-0.05, 0) is 42.5 Å². The number of para-hydroxylation sites is 1. The van der Waals surface area contributed by atoms with Crippen LogP contribution in [0, 0.1) is 20.8 Å². The summed E-state index contributed by atoms with van der Waals surface area (Å²) < 4.78 is 1.45. The first kappa shape index (κ1) is 22.9. The zero-order chi connectivity index (χ0) is 23.7. The number of anilines is 1. The smallest absolute Gasteiger partial charge is 0.319 e. The molecule has 1 aromatic heterocycles. The van der Waals surface area contributed by atoms with Gasteiger partial charge < -0.3 is 5.32 Å². The molecule has 0 aliphatic carbocycles. The number of aryl methyl sites for hydroxylation is 2. The predicted molar refractivity (Wildman–Crippen MR) is 116 cm³/mol. The average molecular weight is 437 g/mol. The summed E-state index contributed by atoms with van der Waals surface area (Å²) in [7, 11) is 0. The zero-order valence-corrected chi connectivity index (χ0v) is 18.8. The SMILES string of the molecule is Cc1cc2c(cc1C)[n+](O)c(C(=O)CC(=O)C(=O)Nc1ccccc1C(C)C)c(C)[n+]2O.